The van der Waals surface area contributed by atoms with Gasteiger partial charge in [-0.3, -0.25) is 9.59 Å². The third-order valence-corrected chi connectivity index (χ3v) is 4.72. The third-order valence-electron chi connectivity index (χ3n) is 4.72. The lowest BCUT2D eigenvalue weighted by atomic mass is 10.1. The highest BCUT2D eigenvalue weighted by Gasteiger charge is 2.26. The van der Waals surface area contributed by atoms with Crippen molar-refractivity contribution in [1.82, 2.24) is 10.2 Å². The van der Waals surface area contributed by atoms with Crippen LogP contribution in [0.15, 0.2) is 48.5 Å². The first kappa shape index (κ1) is 22.3. The van der Waals surface area contributed by atoms with Gasteiger partial charge < -0.3 is 19.7 Å². The van der Waals surface area contributed by atoms with Gasteiger partial charge in [0.15, 0.2) is 6.61 Å². The number of amides is 2. The van der Waals surface area contributed by atoms with Crippen molar-refractivity contribution in [2.75, 3.05) is 20.3 Å². The molecule has 6 nitrogen and oxygen atoms in total. The van der Waals surface area contributed by atoms with Gasteiger partial charge in [0.2, 0.25) is 5.91 Å². The van der Waals surface area contributed by atoms with Gasteiger partial charge >= 0.3 is 0 Å². The van der Waals surface area contributed by atoms with Crippen molar-refractivity contribution in [1.29, 1.82) is 0 Å². The van der Waals surface area contributed by atoms with Gasteiger partial charge in [0, 0.05) is 13.1 Å². The lowest BCUT2D eigenvalue weighted by Crippen LogP contribution is -2.49. The fourth-order valence-corrected chi connectivity index (χ4v) is 2.88. The average molecular weight is 399 g/mol. The van der Waals surface area contributed by atoms with Crippen molar-refractivity contribution < 1.29 is 19.1 Å². The monoisotopic (exact) mass is 398 g/mol. The van der Waals surface area contributed by atoms with Gasteiger partial charge in [0.05, 0.1) is 7.11 Å². The zero-order valence-electron chi connectivity index (χ0n) is 17.6. The highest BCUT2D eigenvalue weighted by Crippen LogP contribution is 2.16. The van der Waals surface area contributed by atoms with E-state index >= 15 is 0 Å². The van der Waals surface area contributed by atoms with Crippen LogP contribution in [0.5, 0.6) is 11.5 Å². The Kier molecular flexibility index (Phi) is 8.52. The van der Waals surface area contributed by atoms with Crippen LogP contribution in [-0.4, -0.2) is 43.0 Å². The van der Waals surface area contributed by atoms with Crippen molar-refractivity contribution in [2.24, 2.45) is 0 Å². The van der Waals surface area contributed by atoms with E-state index in [1.54, 1.807) is 14.0 Å². The first-order valence-corrected chi connectivity index (χ1v) is 9.90. The molecule has 29 heavy (non-hydrogen) atoms. The molecule has 1 N–H and O–H groups in total. The number of likely N-dealkylation sites (N-methyl/N-ethyl adjacent to an activating group) is 1. The van der Waals surface area contributed by atoms with Gasteiger partial charge in [-0.15, -0.1) is 0 Å². The fourth-order valence-electron chi connectivity index (χ4n) is 2.88. The number of carbonyl (C=O) groups excluding carboxylic acids is 2. The molecule has 0 radical (unpaired) electrons. The summed E-state index contributed by atoms with van der Waals surface area (Å²) in [6, 6.07) is 14.5. The molecular formula is C23H30N2O4. The molecule has 0 heterocycles. The summed E-state index contributed by atoms with van der Waals surface area (Å²) in [5.74, 6) is 0.925. The third kappa shape index (κ3) is 6.52. The van der Waals surface area contributed by atoms with Gasteiger partial charge in [-0.1, -0.05) is 31.2 Å². The summed E-state index contributed by atoms with van der Waals surface area (Å²) < 4.78 is 10.8. The van der Waals surface area contributed by atoms with Crippen molar-refractivity contribution >= 4 is 11.8 Å². The molecule has 0 aliphatic carbocycles. The van der Waals surface area contributed by atoms with Gasteiger partial charge in [-0.25, -0.2) is 0 Å². The van der Waals surface area contributed by atoms with Crippen LogP contribution in [0.25, 0.3) is 0 Å². The average Bonchev–Trinajstić information content (AvgIpc) is 2.76. The van der Waals surface area contributed by atoms with E-state index in [1.807, 2.05) is 55.5 Å². The number of carbonyl (C=O) groups is 2. The molecule has 0 bridgehead atoms. The normalized spacial score (nSPS) is 11.4. The summed E-state index contributed by atoms with van der Waals surface area (Å²) in [6.45, 7) is 6.34. The van der Waals surface area contributed by atoms with E-state index in [-0.39, 0.29) is 18.4 Å². The Hall–Kier alpha value is -3.02. The topological polar surface area (TPSA) is 67.9 Å². The second-order valence-electron chi connectivity index (χ2n) is 6.73. The molecule has 156 valence electrons. The molecule has 2 rings (SSSR count). The number of hydrogen-bond acceptors (Lipinski definition) is 4. The molecule has 2 aromatic carbocycles. The highest BCUT2D eigenvalue weighted by atomic mass is 16.5. The largest absolute Gasteiger partial charge is 0.497 e. The molecule has 0 aliphatic heterocycles. The molecule has 0 saturated carbocycles. The Morgan fingerprint density at radius 3 is 2.10 bits per heavy atom. The van der Waals surface area contributed by atoms with Crippen LogP contribution >= 0.6 is 0 Å². The molecule has 0 fully saturated rings. The number of aryl methyl sites for hydroxylation is 1. The standard InChI is InChI=1S/C23H30N2O4/c1-5-18-7-13-21(14-8-18)29-16-22(26)25(17(3)23(27)24-6-2)15-19-9-11-20(28-4)12-10-19/h7-14,17H,5-6,15-16H2,1-4H3,(H,24,27)/t17-/m1/s1. The molecule has 6 heteroatoms. The van der Waals surface area contributed by atoms with Gasteiger partial charge in [0.25, 0.3) is 5.91 Å². The predicted octanol–water partition coefficient (Wildman–Crippen LogP) is 3.19. The van der Waals surface area contributed by atoms with Crippen molar-refractivity contribution in [2.45, 2.75) is 39.8 Å². The van der Waals surface area contributed by atoms with E-state index in [9.17, 15) is 9.59 Å². The lowest BCUT2D eigenvalue weighted by molar-refractivity contribution is -0.142. The van der Waals surface area contributed by atoms with Crippen LogP contribution in [0.2, 0.25) is 0 Å². The second kappa shape index (κ2) is 11.1. The highest BCUT2D eigenvalue weighted by molar-refractivity contribution is 5.87. The predicted molar refractivity (Wildman–Crippen MR) is 113 cm³/mol. The van der Waals surface area contributed by atoms with Gasteiger partial charge in [0.1, 0.15) is 17.5 Å². The summed E-state index contributed by atoms with van der Waals surface area (Å²) in [7, 11) is 1.60. The van der Waals surface area contributed by atoms with E-state index in [0.717, 1.165) is 17.7 Å². The van der Waals surface area contributed by atoms with Crippen LogP contribution in [0.1, 0.15) is 31.9 Å². The lowest BCUT2D eigenvalue weighted by Gasteiger charge is -2.28. The Balaban J connectivity index is 2.10. The Morgan fingerprint density at radius 2 is 1.55 bits per heavy atom. The maximum Gasteiger partial charge on any atom is 0.261 e. The summed E-state index contributed by atoms with van der Waals surface area (Å²) in [5.41, 5.74) is 2.11. The zero-order chi connectivity index (χ0) is 21.2. The minimum Gasteiger partial charge on any atom is -0.497 e. The zero-order valence-corrected chi connectivity index (χ0v) is 17.6. The van der Waals surface area contributed by atoms with E-state index < -0.39 is 6.04 Å². The SMILES string of the molecule is CCNC(=O)[C@@H](C)N(Cc1ccc(OC)cc1)C(=O)COc1ccc(CC)cc1. The fraction of sp³-hybridized carbons (Fsp3) is 0.391. The number of hydrogen-bond donors (Lipinski definition) is 1. The second-order valence-corrected chi connectivity index (χ2v) is 6.73. The summed E-state index contributed by atoms with van der Waals surface area (Å²) in [4.78, 5) is 26.8. The Morgan fingerprint density at radius 1 is 0.966 bits per heavy atom. The minimum atomic E-state index is -0.615. The summed E-state index contributed by atoms with van der Waals surface area (Å²) in [5, 5.41) is 2.78. The molecule has 0 unspecified atom stereocenters. The Labute approximate surface area is 172 Å². The summed E-state index contributed by atoms with van der Waals surface area (Å²) in [6.07, 6.45) is 0.943. The van der Waals surface area contributed by atoms with E-state index in [1.165, 1.54) is 10.5 Å². The molecule has 0 aromatic heterocycles. The summed E-state index contributed by atoms with van der Waals surface area (Å²) >= 11 is 0. The molecule has 0 spiro atoms. The number of methoxy groups -OCH3 is 1. The Bertz CT molecular complexity index is 788. The number of rotatable bonds is 10. The molecule has 0 aliphatic rings. The minimum absolute atomic E-state index is 0.134. The molecule has 0 saturated heterocycles. The van der Waals surface area contributed by atoms with Crippen molar-refractivity contribution in [3.63, 3.8) is 0 Å². The number of nitrogens with zero attached hydrogens (tertiary/aromatic N) is 1. The first-order valence-electron chi connectivity index (χ1n) is 9.90. The van der Waals surface area contributed by atoms with Crippen LogP contribution < -0.4 is 14.8 Å². The molecule has 2 aromatic rings. The number of ether oxygens (including phenoxy) is 2. The van der Waals surface area contributed by atoms with Crippen LogP contribution in [-0.2, 0) is 22.6 Å². The van der Waals surface area contributed by atoms with Crippen LogP contribution in [0.4, 0.5) is 0 Å². The van der Waals surface area contributed by atoms with Crippen molar-refractivity contribution in [3.8, 4) is 11.5 Å². The molecule has 2 amide bonds. The van der Waals surface area contributed by atoms with Gasteiger partial charge in [-0.05, 0) is 55.7 Å². The van der Waals surface area contributed by atoms with E-state index in [4.69, 9.17) is 9.47 Å². The first-order chi connectivity index (χ1) is 14.0. The smallest absolute Gasteiger partial charge is 0.261 e. The quantitative estimate of drug-likeness (QED) is 0.667. The van der Waals surface area contributed by atoms with Crippen molar-refractivity contribution in [3.05, 3.63) is 59.7 Å². The van der Waals surface area contributed by atoms with E-state index in [0.29, 0.717) is 18.8 Å². The van der Waals surface area contributed by atoms with E-state index in [2.05, 4.69) is 12.2 Å². The number of benzene rings is 2. The maximum absolute atomic E-state index is 12.9. The molecular weight excluding hydrogens is 368 g/mol. The van der Waals surface area contributed by atoms with Crippen LogP contribution in [0.3, 0.4) is 0 Å². The number of nitrogens with one attached hydrogen (secondary N) is 1. The molecule has 1 atom stereocenters. The maximum atomic E-state index is 12.9. The van der Waals surface area contributed by atoms with Crippen LogP contribution in [0, 0.1) is 0 Å². The van der Waals surface area contributed by atoms with Gasteiger partial charge in [-0.2, -0.15) is 0 Å².